The molecule has 0 saturated carbocycles. The highest BCUT2D eigenvalue weighted by Gasteiger charge is 2.61. The van der Waals surface area contributed by atoms with Gasteiger partial charge in [-0.15, -0.1) is 0 Å². The lowest BCUT2D eigenvalue weighted by molar-refractivity contribution is -0.126. The molecule has 2 aliphatic heterocycles. The van der Waals surface area contributed by atoms with Gasteiger partial charge in [-0.05, 0) is 43.3 Å². The molecule has 2 aliphatic rings. The zero-order valence-corrected chi connectivity index (χ0v) is 21.0. The molecule has 0 aromatic heterocycles. The molecule has 3 atom stereocenters. The van der Waals surface area contributed by atoms with Crippen molar-refractivity contribution in [1.82, 2.24) is 0 Å². The fourth-order valence-corrected chi connectivity index (χ4v) is 5.02. The lowest BCUT2D eigenvalue weighted by Gasteiger charge is -2.30. The SMILES string of the molecule is CCOc1cccc(N2C(=O)[C@@H]3[C@H](ON(c4ccccc4)[C@H]3c3ccc(OC)c(OC)c3OC)C2=O)c1. The number of nitrogens with zero attached hydrogens (tertiary/aromatic N) is 2. The van der Waals surface area contributed by atoms with E-state index in [2.05, 4.69) is 0 Å². The van der Waals surface area contributed by atoms with Crippen LogP contribution in [0.2, 0.25) is 0 Å². The Bertz CT molecular complexity index is 1310. The molecule has 0 aliphatic carbocycles. The number of hydrogen-bond acceptors (Lipinski definition) is 8. The highest BCUT2D eigenvalue weighted by atomic mass is 16.7. The Morgan fingerprint density at radius 3 is 2.22 bits per heavy atom. The van der Waals surface area contributed by atoms with Gasteiger partial charge in [0, 0.05) is 11.6 Å². The molecular formula is C28H28N2O7. The molecule has 2 heterocycles. The molecule has 0 N–H and O–H groups in total. The van der Waals surface area contributed by atoms with E-state index in [1.807, 2.05) is 43.3 Å². The van der Waals surface area contributed by atoms with Gasteiger partial charge in [0.2, 0.25) is 11.7 Å². The van der Waals surface area contributed by atoms with Gasteiger partial charge in [0.15, 0.2) is 17.6 Å². The summed E-state index contributed by atoms with van der Waals surface area (Å²) in [5.41, 5.74) is 1.76. The van der Waals surface area contributed by atoms with Crippen molar-refractivity contribution in [3.05, 3.63) is 72.3 Å². The third-order valence-corrected chi connectivity index (χ3v) is 6.57. The Labute approximate surface area is 215 Å². The van der Waals surface area contributed by atoms with Gasteiger partial charge in [-0.25, -0.2) is 9.96 Å². The van der Waals surface area contributed by atoms with Crippen LogP contribution in [0, 0.1) is 5.92 Å². The van der Waals surface area contributed by atoms with Crippen molar-refractivity contribution >= 4 is 23.2 Å². The summed E-state index contributed by atoms with van der Waals surface area (Å²) in [7, 11) is 4.58. The average Bonchev–Trinajstić information content (AvgIpc) is 3.43. The number of ether oxygens (including phenoxy) is 4. The number of methoxy groups -OCH3 is 3. The number of carbonyl (C=O) groups is 2. The second kappa shape index (κ2) is 10.0. The number of para-hydroxylation sites is 1. The Morgan fingerprint density at radius 2 is 1.54 bits per heavy atom. The number of hydroxylamine groups is 1. The zero-order valence-electron chi connectivity index (χ0n) is 21.0. The lowest BCUT2D eigenvalue weighted by Crippen LogP contribution is -2.37. The summed E-state index contributed by atoms with van der Waals surface area (Å²) in [6, 6.07) is 19.1. The monoisotopic (exact) mass is 504 g/mol. The summed E-state index contributed by atoms with van der Waals surface area (Å²) >= 11 is 0. The van der Waals surface area contributed by atoms with Crippen molar-refractivity contribution in [2.45, 2.75) is 19.1 Å². The van der Waals surface area contributed by atoms with Crippen molar-refractivity contribution in [3.63, 3.8) is 0 Å². The molecule has 2 saturated heterocycles. The van der Waals surface area contributed by atoms with Crippen molar-refractivity contribution < 1.29 is 33.4 Å². The quantitative estimate of drug-likeness (QED) is 0.423. The predicted molar refractivity (Wildman–Crippen MR) is 136 cm³/mol. The highest BCUT2D eigenvalue weighted by Crippen LogP contribution is 2.52. The Kier molecular flexibility index (Phi) is 6.62. The van der Waals surface area contributed by atoms with Crippen molar-refractivity contribution in [1.29, 1.82) is 0 Å². The maximum atomic E-state index is 14.0. The van der Waals surface area contributed by atoms with E-state index in [0.717, 1.165) is 0 Å². The third-order valence-electron chi connectivity index (χ3n) is 6.57. The van der Waals surface area contributed by atoms with Crippen molar-refractivity contribution in [3.8, 4) is 23.0 Å². The molecule has 0 bridgehead atoms. The molecule has 0 unspecified atom stereocenters. The van der Waals surface area contributed by atoms with Crippen LogP contribution in [-0.4, -0.2) is 45.9 Å². The zero-order chi connectivity index (χ0) is 26.1. The van der Waals surface area contributed by atoms with Crippen LogP contribution in [0.3, 0.4) is 0 Å². The molecule has 3 aromatic carbocycles. The Balaban J connectivity index is 1.63. The molecular weight excluding hydrogens is 476 g/mol. The van der Waals surface area contributed by atoms with Gasteiger partial charge in [-0.1, -0.05) is 24.3 Å². The van der Waals surface area contributed by atoms with Crippen LogP contribution in [-0.2, 0) is 14.4 Å². The molecule has 37 heavy (non-hydrogen) atoms. The number of hydrogen-bond donors (Lipinski definition) is 0. The summed E-state index contributed by atoms with van der Waals surface area (Å²) in [5, 5.41) is 1.61. The summed E-state index contributed by atoms with van der Waals surface area (Å²) in [6.45, 7) is 2.34. The second-order valence-electron chi connectivity index (χ2n) is 8.52. The normalized spacial score (nSPS) is 20.7. The highest BCUT2D eigenvalue weighted by molar-refractivity contribution is 6.24. The minimum Gasteiger partial charge on any atom is -0.494 e. The molecule has 2 fully saturated rings. The van der Waals surface area contributed by atoms with Gasteiger partial charge < -0.3 is 18.9 Å². The lowest BCUT2D eigenvalue weighted by atomic mass is 9.89. The van der Waals surface area contributed by atoms with E-state index in [4.69, 9.17) is 23.8 Å². The van der Waals surface area contributed by atoms with Crippen LogP contribution < -0.4 is 28.9 Å². The van der Waals surface area contributed by atoms with Gasteiger partial charge >= 0.3 is 0 Å². The summed E-state index contributed by atoms with van der Waals surface area (Å²) in [4.78, 5) is 35.0. The van der Waals surface area contributed by atoms with Gasteiger partial charge in [0.1, 0.15) is 17.7 Å². The number of rotatable bonds is 8. The predicted octanol–water partition coefficient (Wildman–Crippen LogP) is 4.16. The van der Waals surface area contributed by atoms with Crippen molar-refractivity contribution in [2.24, 2.45) is 5.92 Å². The maximum Gasteiger partial charge on any atom is 0.266 e. The smallest absolute Gasteiger partial charge is 0.266 e. The summed E-state index contributed by atoms with van der Waals surface area (Å²) in [5.74, 6) is 0.188. The summed E-state index contributed by atoms with van der Waals surface area (Å²) < 4.78 is 22.4. The first-order valence-corrected chi connectivity index (χ1v) is 11.9. The largest absolute Gasteiger partial charge is 0.494 e. The Morgan fingerprint density at radius 1 is 0.811 bits per heavy atom. The first-order valence-electron chi connectivity index (χ1n) is 11.9. The van der Waals surface area contributed by atoms with Gasteiger partial charge in [-0.3, -0.25) is 14.4 Å². The van der Waals surface area contributed by atoms with Crippen LogP contribution in [0.25, 0.3) is 0 Å². The fourth-order valence-electron chi connectivity index (χ4n) is 5.02. The second-order valence-corrected chi connectivity index (χ2v) is 8.52. The molecule has 192 valence electrons. The molecule has 0 spiro atoms. The number of benzene rings is 3. The average molecular weight is 505 g/mol. The maximum absolute atomic E-state index is 14.0. The van der Waals surface area contributed by atoms with Gasteiger partial charge in [-0.2, -0.15) is 0 Å². The minimum atomic E-state index is -1.02. The number of fused-ring (bicyclic) bond motifs is 1. The van der Waals surface area contributed by atoms with Crippen LogP contribution >= 0.6 is 0 Å². The number of amides is 2. The fraction of sp³-hybridized carbons (Fsp3) is 0.286. The topological polar surface area (TPSA) is 86.8 Å². The molecule has 0 radical (unpaired) electrons. The Hall–Kier alpha value is -4.24. The van der Waals surface area contributed by atoms with Crippen LogP contribution in [0.4, 0.5) is 11.4 Å². The van der Waals surface area contributed by atoms with E-state index in [9.17, 15) is 9.59 Å². The standard InChI is InChI=1S/C28H28N2O7/c1-5-36-19-13-9-12-18(16-19)29-27(31)22-23(20-14-15-21(33-2)25(35-4)24(20)34-3)30(37-26(22)28(29)32)17-10-7-6-8-11-17/h6-16,22-23,26H,5H2,1-4H3/t22-,23-,26-/m0/s1. The van der Waals surface area contributed by atoms with E-state index >= 15 is 0 Å². The third kappa shape index (κ3) is 4.01. The molecule has 9 heteroatoms. The first kappa shape index (κ1) is 24.5. The molecule has 3 aromatic rings. The van der Waals surface area contributed by atoms with E-state index < -0.39 is 24.0 Å². The van der Waals surface area contributed by atoms with E-state index in [1.165, 1.54) is 26.2 Å². The van der Waals surface area contributed by atoms with Crippen LogP contribution in [0.5, 0.6) is 23.0 Å². The van der Waals surface area contributed by atoms with E-state index in [0.29, 0.717) is 46.5 Å². The van der Waals surface area contributed by atoms with E-state index in [1.54, 1.807) is 35.4 Å². The molecule has 5 rings (SSSR count). The molecule has 2 amide bonds. The molecule has 9 nitrogen and oxygen atoms in total. The number of anilines is 2. The van der Waals surface area contributed by atoms with E-state index in [-0.39, 0.29) is 5.91 Å². The first-order chi connectivity index (χ1) is 18.0. The van der Waals surface area contributed by atoms with Crippen LogP contribution in [0.1, 0.15) is 18.5 Å². The number of imide groups is 1. The minimum absolute atomic E-state index is 0.371. The summed E-state index contributed by atoms with van der Waals surface area (Å²) in [6.07, 6.45) is -1.02. The number of carbonyl (C=O) groups excluding carboxylic acids is 2. The van der Waals surface area contributed by atoms with Gasteiger partial charge in [0.05, 0.1) is 39.3 Å². The van der Waals surface area contributed by atoms with Crippen molar-refractivity contribution in [2.75, 3.05) is 37.9 Å². The van der Waals surface area contributed by atoms with Gasteiger partial charge in [0.25, 0.3) is 5.91 Å². The van der Waals surface area contributed by atoms with Crippen LogP contribution in [0.15, 0.2) is 66.7 Å².